The number of hydrogen-bond donors (Lipinski definition) is 2. The van der Waals surface area contributed by atoms with Gasteiger partial charge in [0.1, 0.15) is 10.8 Å². The first-order valence-electron chi connectivity index (χ1n) is 7.55. The van der Waals surface area contributed by atoms with Crippen LogP contribution in [0, 0.1) is 0 Å². The van der Waals surface area contributed by atoms with Gasteiger partial charge in [0.05, 0.1) is 16.8 Å². The van der Waals surface area contributed by atoms with E-state index in [0.717, 1.165) is 16.8 Å². The summed E-state index contributed by atoms with van der Waals surface area (Å²) in [6.45, 7) is -0.180. The van der Waals surface area contributed by atoms with E-state index in [2.05, 4.69) is 15.0 Å². The van der Waals surface area contributed by atoms with Crippen LogP contribution in [0.3, 0.4) is 0 Å². The second-order valence-corrected chi connectivity index (χ2v) is 6.51. The molecular formula is C17H12F4N2O3S. The molecule has 3 aromatic rings. The fraction of sp³-hybridized carbons (Fsp3) is 0.176. The lowest BCUT2D eigenvalue weighted by Crippen LogP contribution is -2.33. The Hall–Kier alpha value is -2.72. The lowest BCUT2D eigenvalue weighted by molar-refractivity contribution is -0.253. The zero-order chi connectivity index (χ0) is 19.6. The Morgan fingerprint density at radius 2 is 1.93 bits per heavy atom. The molecule has 2 N–H and O–H groups in total. The van der Waals surface area contributed by atoms with Gasteiger partial charge < -0.3 is 15.2 Å². The first-order chi connectivity index (χ1) is 12.8. The number of benzene rings is 2. The Morgan fingerprint density at radius 1 is 1.22 bits per heavy atom. The molecule has 10 heteroatoms. The van der Waals surface area contributed by atoms with Gasteiger partial charge in [-0.2, -0.15) is 17.6 Å². The van der Waals surface area contributed by atoms with E-state index in [-0.39, 0.29) is 12.2 Å². The van der Waals surface area contributed by atoms with E-state index in [9.17, 15) is 22.4 Å². The van der Waals surface area contributed by atoms with Crippen LogP contribution in [0.15, 0.2) is 42.5 Å². The normalized spacial score (nSPS) is 11.8. The second-order valence-electron chi connectivity index (χ2n) is 5.39. The molecule has 3 rings (SSSR count). The Labute approximate surface area is 154 Å². The molecule has 0 atom stereocenters. The molecule has 5 nitrogen and oxygen atoms in total. The van der Waals surface area contributed by atoms with E-state index < -0.39 is 24.2 Å². The lowest BCUT2D eigenvalue weighted by Gasteiger charge is -2.16. The van der Waals surface area contributed by atoms with Crippen LogP contribution in [0.1, 0.15) is 15.4 Å². The lowest BCUT2D eigenvalue weighted by atomic mass is 10.2. The van der Waals surface area contributed by atoms with Crippen molar-refractivity contribution in [2.45, 2.75) is 19.1 Å². The molecule has 0 fully saturated rings. The Kier molecular flexibility index (Phi) is 5.29. The Morgan fingerprint density at radius 3 is 2.56 bits per heavy atom. The van der Waals surface area contributed by atoms with Crippen molar-refractivity contribution in [1.82, 2.24) is 4.98 Å². The molecule has 1 aromatic heterocycles. The molecule has 27 heavy (non-hydrogen) atoms. The number of thiazole rings is 1. The van der Waals surface area contributed by atoms with Gasteiger partial charge in [-0.15, -0.1) is 11.3 Å². The number of aliphatic hydroxyl groups is 1. The van der Waals surface area contributed by atoms with Crippen molar-refractivity contribution in [3.8, 4) is 5.75 Å². The predicted molar refractivity (Wildman–Crippen MR) is 91.5 cm³/mol. The summed E-state index contributed by atoms with van der Waals surface area (Å²) in [5, 5.41) is 12.3. The van der Waals surface area contributed by atoms with Crippen LogP contribution in [0.2, 0.25) is 0 Å². The minimum atomic E-state index is -4.61. The quantitative estimate of drug-likeness (QED) is 0.606. The number of carbonyl (C=O) groups excluding carboxylic acids is 1. The SMILES string of the molecule is O=C(Nc1ccc2sc(CO)nc2c1)c1ccc(OC(F)(F)C(F)F)cc1. The van der Waals surface area contributed by atoms with Crippen molar-refractivity contribution in [3.05, 3.63) is 53.0 Å². The summed E-state index contributed by atoms with van der Waals surface area (Å²) < 4.78 is 54.8. The molecule has 0 bridgehead atoms. The molecule has 0 unspecified atom stereocenters. The Balaban J connectivity index is 1.70. The summed E-state index contributed by atoms with van der Waals surface area (Å²) in [6, 6.07) is 9.38. The molecule has 0 saturated heterocycles. The standard InChI is InChI=1S/C17H12F4N2O3S/c18-16(19)17(20,21)26-11-4-1-9(2-5-11)15(25)22-10-3-6-13-12(7-10)23-14(8-24)27-13/h1-7,16,24H,8H2,(H,22,25). The van der Waals surface area contributed by atoms with Crippen molar-refractivity contribution in [2.24, 2.45) is 0 Å². The van der Waals surface area contributed by atoms with E-state index >= 15 is 0 Å². The fourth-order valence-electron chi connectivity index (χ4n) is 2.20. The Bertz CT molecular complexity index is 960. The summed E-state index contributed by atoms with van der Waals surface area (Å²) in [5.74, 6) is -1.02. The first kappa shape index (κ1) is 19.1. The number of anilines is 1. The van der Waals surface area contributed by atoms with E-state index in [1.54, 1.807) is 18.2 Å². The van der Waals surface area contributed by atoms with E-state index in [1.807, 2.05) is 0 Å². The number of alkyl halides is 4. The largest absolute Gasteiger partial charge is 0.461 e. The van der Waals surface area contributed by atoms with E-state index in [0.29, 0.717) is 16.2 Å². The van der Waals surface area contributed by atoms with Gasteiger partial charge in [0.25, 0.3) is 5.91 Å². The molecule has 0 radical (unpaired) electrons. The third-order valence-corrected chi connectivity index (χ3v) is 4.47. The van der Waals surface area contributed by atoms with Crippen LogP contribution in [-0.2, 0) is 6.61 Å². The monoisotopic (exact) mass is 400 g/mol. The summed E-state index contributed by atoms with van der Waals surface area (Å²) in [6.07, 6.45) is -8.58. The maximum Gasteiger partial charge on any atom is 0.461 e. The summed E-state index contributed by atoms with van der Waals surface area (Å²) in [4.78, 5) is 16.4. The number of rotatable bonds is 6. The van der Waals surface area contributed by atoms with Gasteiger partial charge in [0.15, 0.2) is 0 Å². The predicted octanol–water partition coefficient (Wildman–Crippen LogP) is 4.28. The number of amides is 1. The van der Waals surface area contributed by atoms with Gasteiger partial charge in [-0.05, 0) is 42.5 Å². The number of ether oxygens (including phenoxy) is 1. The highest BCUT2D eigenvalue weighted by Gasteiger charge is 2.43. The molecule has 0 aliphatic carbocycles. The van der Waals surface area contributed by atoms with Crippen LogP contribution < -0.4 is 10.1 Å². The smallest absolute Gasteiger partial charge is 0.428 e. The first-order valence-corrected chi connectivity index (χ1v) is 8.37. The highest BCUT2D eigenvalue weighted by atomic mass is 32.1. The third-order valence-electron chi connectivity index (χ3n) is 3.45. The van der Waals surface area contributed by atoms with Crippen molar-refractivity contribution in [2.75, 3.05) is 5.32 Å². The number of nitrogens with one attached hydrogen (secondary N) is 1. The summed E-state index contributed by atoms with van der Waals surface area (Å²) in [7, 11) is 0. The zero-order valence-electron chi connectivity index (χ0n) is 13.5. The number of hydrogen-bond acceptors (Lipinski definition) is 5. The van der Waals surface area contributed by atoms with Crippen LogP contribution in [-0.4, -0.2) is 28.5 Å². The number of nitrogens with zero attached hydrogens (tertiary/aromatic N) is 1. The van der Waals surface area contributed by atoms with Gasteiger partial charge in [-0.1, -0.05) is 0 Å². The minimum absolute atomic E-state index is 0.122. The number of aliphatic hydroxyl groups excluding tert-OH is 1. The van der Waals surface area contributed by atoms with Gasteiger partial charge >= 0.3 is 12.5 Å². The maximum absolute atomic E-state index is 12.9. The molecule has 0 saturated carbocycles. The van der Waals surface area contributed by atoms with Gasteiger partial charge in [-0.25, -0.2) is 4.98 Å². The second kappa shape index (κ2) is 7.49. The zero-order valence-corrected chi connectivity index (χ0v) is 14.3. The number of aromatic nitrogens is 1. The third kappa shape index (κ3) is 4.34. The van der Waals surface area contributed by atoms with Crippen LogP contribution in [0.5, 0.6) is 5.75 Å². The van der Waals surface area contributed by atoms with Crippen molar-refractivity contribution in [1.29, 1.82) is 0 Å². The average Bonchev–Trinajstić information content (AvgIpc) is 3.04. The molecule has 2 aromatic carbocycles. The highest BCUT2D eigenvalue weighted by molar-refractivity contribution is 7.18. The summed E-state index contributed by atoms with van der Waals surface area (Å²) in [5.41, 5.74) is 1.18. The van der Waals surface area contributed by atoms with Crippen molar-refractivity contribution >= 4 is 33.1 Å². The van der Waals surface area contributed by atoms with E-state index in [1.165, 1.54) is 23.5 Å². The highest BCUT2D eigenvalue weighted by Crippen LogP contribution is 2.28. The molecule has 0 spiro atoms. The molecule has 1 amide bonds. The topological polar surface area (TPSA) is 71.5 Å². The van der Waals surface area contributed by atoms with Gasteiger partial charge in [0, 0.05) is 11.3 Å². The van der Waals surface area contributed by atoms with Crippen LogP contribution in [0.4, 0.5) is 23.2 Å². The van der Waals surface area contributed by atoms with Crippen LogP contribution >= 0.6 is 11.3 Å². The summed E-state index contributed by atoms with van der Waals surface area (Å²) >= 11 is 1.33. The average molecular weight is 400 g/mol. The van der Waals surface area contributed by atoms with Crippen LogP contribution in [0.25, 0.3) is 10.2 Å². The number of carbonyl (C=O) groups is 1. The van der Waals surface area contributed by atoms with E-state index in [4.69, 9.17) is 5.11 Å². The maximum atomic E-state index is 12.9. The fourth-order valence-corrected chi connectivity index (χ4v) is 3.01. The molecular weight excluding hydrogens is 388 g/mol. The molecule has 0 aliphatic rings. The van der Waals surface area contributed by atoms with Crippen molar-refractivity contribution < 1.29 is 32.2 Å². The molecule has 0 aliphatic heterocycles. The van der Waals surface area contributed by atoms with Gasteiger partial charge in [0.2, 0.25) is 0 Å². The molecule has 142 valence electrons. The van der Waals surface area contributed by atoms with Crippen molar-refractivity contribution in [3.63, 3.8) is 0 Å². The number of halogens is 4. The van der Waals surface area contributed by atoms with Gasteiger partial charge in [-0.3, -0.25) is 4.79 Å². The minimum Gasteiger partial charge on any atom is -0.428 e. The number of fused-ring (bicyclic) bond motifs is 1. The molecule has 1 heterocycles.